The first-order chi connectivity index (χ1) is 23.4. The Morgan fingerprint density at radius 2 is 0.692 bits per heavy atom. The molecule has 52 heavy (non-hydrogen) atoms. The number of hydrogen-bond donors (Lipinski definition) is 2. The maximum atomic E-state index is 11.1. The highest BCUT2D eigenvalue weighted by Gasteiger charge is 2.33. The first kappa shape index (κ1) is 49.9. The van der Waals surface area contributed by atoms with Crippen LogP contribution >= 0.6 is 37.0 Å². The van der Waals surface area contributed by atoms with Crippen molar-refractivity contribution in [3.63, 3.8) is 0 Å². The van der Waals surface area contributed by atoms with Crippen LogP contribution in [0.25, 0.3) is 0 Å². The van der Waals surface area contributed by atoms with Crippen LogP contribution in [0.1, 0.15) is 147 Å². The molecule has 0 saturated heterocycles. The minimum atomic E-state index is -2.87. The lowest BCUT2D eigenvalue weighted by molar-refractivity contribution is 0.176. The minimum Gasteiger partial charge on any atom is -0.507 e. The Morgan fingerprint density at radius 1 is 0.481 bits per heavy atom. The Kier molecular flexibility index (Phi) is 18.5. The molecule has 0 aliphatic heterocycles. The van der Waals surface area contributed by atoms with Gasteiger partial charge in [-0.05, 0) is 111 Å². The van der Waals surface area contributed by atoms with Gasteiger partial charge in [0.25, 0.3) is 0 Å². The van der Waals surface area contributed by atoms with Crippen LogP contribution in [-0.2, 0) is 67.7 Å². The number of benzene rings is 2. The van der Waals surface area contributed by atoms with E-state index in [1.807, 2.05) is 51.2 Å². The molecule has 0 atom stereocenters. The van der Waals surface area contributed by atoms with E-state index in [-0.39, 0.29) is 25.7 Å². The van der Waals surface area contributed by atoms with E-state index in [0.717, 1.165) is 22.3 Å². The first-order valence-electron chi connectivity index (χ1n) is 18.0. The van der Waals surface area contributed by atoms with Crippen molar-refractivity contribution in [1.29, 1.82) is 0 Å². The van der Waals surface area contributed by atoms with Gasteiger partial charge >= 0.3 is 13.4 Å². The zero-order valence-corrected chi connectivity index (χ0v) is 40.2. The average Bonchev–Trinajstić information content (AvgIpc) is 2.92. The van der Waals surface area contributed by atoms with Gasteiger partial charge in [0, 0.05) is 32.0 Å². The molecule has 0 heterocycles. The van der Waals surface area contributed by atoms with Gasteiger partial charge in [-0.15, -0.1) is 23.5 Å². The number of rotatable bonds is 14. The molecule has 0 radical (unpaired) electrons. The van der Waals surface area contributed by atoms with Crippen LogP contribution in [0.2, 0.25) is 0 Å². The average molecular weight is 839 g/mol. The molecule has 0 saturated carbocycles. The highest BCUT2D eigenvalue weighted by atomic mass is 32.5. The topological polar surface area (TPSA) is 86.6 Å². The standard InChI is InChI=1S/C31H48O2S2.C8H20O5P2S2/c1-27(2,3)21-15-19(16-22(25(21)32)28(4,5)6)34-31(13,14)35-20-17-23(29(7,8)9)26(33)24(18-20)30(10,11)12;1-5-9-14(16,10-6-2)13-15(17,11-7-3)12-8-4/h15-18,32-33H,1-14H3;5-8H2,1-4H3. The quantitative estimate of drug-likeness (QED) is 0.108. The molecular formula is C39H68O7P2S4. The van der Waals surface area contributed by atoms with Gasteiger partial charge < -0.3 is 28.3 Å². The van der Waals surface area contributed by atoms with Crippen LogP contribution < -0.4 is 0 Å². The Bertz CT molecular complexity index is 1360. The summed E-state index contributed by atoms with van der Waals surface area (Å²) in [6, 6.07) is 8.65. The third kappa shape index (κ3) is 15.4. The fraction of sp³-hybridized carbons (Fsp3) is 0.692. The molecule has 2 aromatic carbocycles. The van der Waals surface area contributed by atoms with Crippen LogP contribution in [-0.4, -0.2) is 40.7 Å². The summed E-state index contributed by atoms with van der Waals surface area (Å²) in [7, 11) is 0. The molecular weight excluding hydrogens is 771 g/mol. The van der Waals surface area contributed by atoms with Crippen LogP contribution in [0.15, 0.2) is 34.1 Å². The molecule has 0 aliphatic rings. The Labute approximate surface area is 336 Å². The van der Waals surface area contributed by atoms with E-state index in [0.29, 0.717) is 37.9 Å². The van der Waals surface area contributed by atoms with E-state index >= 15 is 0 Å². The summed E-state index contributed by atoms with van der Waals surface area (Å²) >= 11 is 14.1. The van der Waals surface area contributed by atoms with E-state index in [2.05, 4.69) is 121 Å². The molecule has 0 fully saturated rings. The molecule has 2 aromatic rings. The van der Waals surface area contributed by atoms with Crippen molar-refractivity contribution in [2.45, 2.75) is 160 Å². The van der Waals surface area contributed by atoms with E-state index in [1.165, 1.54) is 9.79 Å². The number of aromatic hydroxyl groups is 2. The van der Waals surface area contributed by atoms with Gasteiger partial charge in [0.1, 0.15) is 11.5 Å². The summed E-state index contributed by atoms with van der Waals surface area (Å²) in [5.74, 6) is 0.839. The van der Waals surface area contributed by atoms with Crippen LogP contribution in [0.4, 0.5) is 0 Å². The highest BCUT2D eigenvalue weighted by Crippen LogP contribution is 2.66. The van der Waals surface area contributed by atoms with Crippen LogP contribution in [0.3, 0.4) is 0 Å². The molecule has 0 bridgehead atoms. The maximum Gasteiger partial charge on any atom is 0.334 e. The van der Waals surface area contributed by atoms with Crippen molar-refractivity contribution in [2.24, 2.45) is 0 Å². The molecule has 13 heteroatoms. The molecule has 0 aromatic heterocycles. The number of phenols is 2. The minimum absolute atomic E-state index is 0.155. The maximum absolute atomic E-state index is 11.1. The second-order valence-corrected chi connectivity index (χ2v) is 26.8. The van der Waals surface area contributed by atoms with Crippen molar-refractivity contribution < 1.29 is 32.6 Å². The molecule has 0 spiro atoms. The van der Waals surface area contributed by atoms with Crippen molar-refractivity contribution in [3.8, 4) is 11.5 Å². The molecule has 7 nitrogen and oxygen atoms in total. The van der Waals surface area contributed by atoms with Crippen molar-refractivity contribution in [1.82, 2.24) is 0 Å². The Hall–Kier alpha value is -0.160. The zero-order chi connectivity index (χ0) is 40.7. The van der Waals surface area contributed by atoms with E-state index < -0.39 is 13.4 Å². The van der Waals surface area contributed by atoms with Crippen LogP contribution in [0.5, 0.6) is 11.5 Å². The van der Waals surface area contributed by atoms with Gasteiger partial charge in [0.05, 0.1) is 30.5 Å². The van der Waals surface area contributed by atoms with Gasteiger partial charge in [-0.3, -0.25) is 0 Å². The lowest BCUT2D eigenvalue weighted by atomic mass is 9.79. The Balaban J connectivity index is 0.000000669. The Morgan fingerprint density at radius 3 is 0.865 bits per heavy atom. The third-order valence-electron chi connectivity index (χ3n) is 7.48. The molecule has 300 valence electrons. The summed E-state index contributed by atoms with van der Waals surface area (Å²) in [5.41, 5.74) is 3.34. The van der Waals surface area contributed by atoms with E-state index in [9.17, 15) is 10.2 Å². The second-order valence-electron chi connectivity index (χ2n) is 17.0. The summed E-state index contributed by atoms with van der Waals surface area (Å²) < 4.78 is 26.7. The SMILES string of the molecule is CC(C)(Sc1cc(C(C)(C)C)c(O)c(C(C)(C)C)c1)Sc1cc(C(C)(C)C)c(O)c(C(C)(C)C)c1.CCOP(=S)(OCC)OP(=S)(OCC)OCC. The van der Waals surface area contributed by atoms with Gasteiger partial charge in [-0.1, -0.05) is 83.1 Å². The molecule has 0 aliphatic carbocycles. The predicted octanol–water partition coefficient (Wildman–Crippen LogP) is 13.5. The fourth-order valence-corrected chi connectivity index (χ4v) is 14.1. The molecule has 2 rings (SSSR count). The van der Waals surface area contributed by atoms with Crippen molar-refractivity contribution >= 4 is 60.6 Å². The first-order valence-corrected chi connectivity index (χ1v) is 24.8. The molecule has 2 N–H and O–H groups in total. The van der Waals surface area contributed by atoms with Crippen molar-refractivity contribution in [2.75, 3.05) is 26.4 Å². The highest BCUT2D eigenvalue weighted by molar-refractivity contribution is 8.18. The normalized spacial score (nSPS) is 13.6. The lowest BCUT2D eigenvalue weighted by Crippen LogP contribution is -2.19. The lowest BCUT2D eigenvalue weighted by Gasteiger charge is -2.31. The van der Waals surface area contributed by atoms with Gasteiger partial charge in [-0.2, -0.15) is 0 Å². The van der Waals surface area contributed by atoms with Gasteiger partial charge in [-0.25, -0.2) is 4.31 Å². The number of thioether (sulfide) groups is 2. The number of hydrogen-bond acceptors (Lipinski definition) is 11. The van der Waals surface area contributed by atoms with Gasteiger partial charge in [0.2, 0.25) is 0 Å². The second kappa shape index (κ2) is 19.3. The zero-order valence-electron chi connectivity index (χ0n) is 35.1. The summed E-state index contributed by atoms with van der Waals surface area (Å²) in [6.07, 6.45) is 0. The van der Waals surface area contributed by atoms with E-state index in [1.54, 1.807) is 0 Å². The third-order valence-corrected chi connectivity index (χ3v) is 16.3. The van der Waals surface area contributed by atoms with Crippen molar-refractivity contribution in [3.05, 3.63) is 46.5 Å². The number of phenolic OH excluding ortho intramolecular Hbond substituents is 2. The summed E-state index contributed by atoms with van der Waals surface area (Å²) in [5, 5.41) is 22.2. The summed E-state index contributed by atoms with van der Waals surface area (Å²) in [6.45, 7) is 33.4. The smallest absolute Gasteiger partial charge is 0.334 e. The molecule has 0 amide bonds. The van der Waals surface area contributed by atoms with Crippen LogP contribution in [0, 0.1) is 0 Å². The van der Waals surface area contributed by atoms with E-state index in [4.69, 9.17) is 46.0 Å². The summed E-state index contributed by atoms with van der Waals surface area (Å²) in [4.78, 5) is 2.34. The van der Waals surface area contributed by atoms with Gasteiger partial charge in [0.15, 0.2) is 0 Å². The fourth-order valence-electron chi connectivity index (χ4n) is 5.13. The monoisotopic (exact) mass is 838 g/mol. The predicted molar refractivity (Wildman–Crippen MR) is 233 cm³/mol. The largest absolute Gasteiger partial charge is 0.507 e. The molecule has 0 unspecified atom stereocenters.